The Kier molecular flexibility index (Phi) is 4.23. The molecule has 0 saturated heterocycles. The molecule has 0 unspecified atom stereocenters. The highest BCUT2D eigenvalue weighted by Crippen LogP contribution is 2.28. The van der Waals surface area contributed by atoms with E-state index in [1.165, 1.54) is 11.1 Å². The molecule has 128 valence electrons. The zero-order chi connectivity index (χ0) is 17.9. The van der Waals surface area contributed by atoms with Crippen LogP contribution in [0, 0.1) is 13.8 Å². The van der Waals surface area contributed by atoms with Gasteiger partial charge in [0, 0.05) is 11.4 Å². The molecule has 4 nitrogen and oxygen atoms in total. The van der Waals surface area contributed by atoms with Crippen molar-refractivity contribution in [2.45, 2.75) is 13.8 Å². The fraction of sp³-hybridized carbons (Fsp3) is 0.0909. The van der Waals surface area contributed by atoms with Gasteiger partial charge in [-0.3, -0.25) is 0 Å². The van der Waals surface area contributed by atoms with Crippen LogP contribution in [-0.2, 0) is 0 Å². The van der Waals surface area contributed by atoms with Crippen molar-refractivity contribution in [3.63, 3.8) is 0 Å². The Bertz CT molecular complexity index is 986. The zero-order valence-electron chi connectivity index (χ0n) is 14.8. The average Bonchev–Trinajstić information content (AvgIpc) is 2.62. The van der Waals surface area contributed by atoms with Gasteiger partial charge in [0.2, 0.25) is 0 Å². The summed E-state index contributed by atoms with van der Waals surface area (Å²) in [6.45, 7) is 4.15. The van der Waals surface area contributed by atoms with Gasteiger partial charge in [-0.05, 0) is 61.4 Å². The van der Waals surface area contributed by atoms with E-state index in [1.807, 2.05) is 48.5 Å². The second kappa shape index (κ2) is 6.84. The number of aryl methyl sites for hydroxylation is 2. The van der Waals surface area contributed by atoms with Gasteiger partial charge in [0.15, 0.2) is 11.6 Å². The molecule has 0 aliphatic heterocycles. The van der Waals surface area contributed by atoms with Crippen molar-refractivity contribution >= 4 is 34.0 Å². The van der Waals surface area contributed by atoms with Gasteiger partial charge in [0.05, 0.1) is 11.0 Å². The van der Waals surface area contributed by atoms with Crippen LogP contribution in [0.3, 0.4) is 0 Å². The van der Waals surface area contributed by atoms with E-state index < -0.39 is 0 Å². The van der Waals surface area contributed by atoms with E-state index >= 15 is 0 Å². The SMILES string of the molecule is Cc1cccc(Nc2nc3ccccc3nc2Nc2cccc(C)c2)c1. The van der Waals surface area contributed by atoms with E-state index in [1.54, 1.807) is 0 Å². The molecular formula is C22H20N4. The number of aromatic nitrogens is 2. The molecule has 0 radical (unpaired) electrons. The normalized spacial score (nSPS) is 10.7. The quantitative estimate of drug-likeness (QED) is 0.498. The summed E-state index contributed by atoms with van der Waals surface area (Å²) in [6, 6.07) is 24.3. The van der Waals surface area contributed by atoms with Gasteiger partial charge in [-0.15, -0.1) is 0 Å². The third-order valence-corrected chi connectivity index (χ3v) is 4.13. The first-order valence-corrected chi connectivity index (χ1v) is 8.61. The second-order valence-corrected chi connectivity index (χ2v) is 6.40. The van der Waals surface area contributed by atoms with Gasteiger partial charge in [-0.1, -0.05) is 36.4 Å². The van der Waals surface area contributed by atoms with Crippen molar-refractivity contribution < 1.29 is 0 Å². The molecule has 0 spiro atoms. The van der Waals surface area contributed by atoms with Gasteiger partial charge in [0.25, 0.3) is 0 Å². The van der Waals surface area contributed by atoms with Gasteiger partial charge < -0.3 is 10.6 Å². The number of benzene rings is 3. The molecule has 4 heteroatoms. The fourth-order valence-electron chi connectivity index (χ4n) is 2.89. The molecule has 0 atom stereocenters. The lowest BCUT2D eigenvalue weighted by Gasteiger charge is -2.14. The monoisotopic (exact) mass is 340 g/mol. The van der Waals surface area contributed by atoms with E-state index in [0.717, 1.165) is 22.4 Å². The average molecular weight is 340 g/mol. The summed E-state index contributed by atoms with van der Waals surface area (Å²) in [5.74, 6) is 1.41. The number of hydrogen-bond donors (Lipinski definition) is 2. The van der Waals surface area contributed by atoms with Gasteiger partial charge >= 0.3 is 0 Å². The molecular weight excluding hydrogens is 320 g/mol. The van der Waals surface area contributed by atoms with Crippen molar-refractivity contribution in [1.82, 2.24) is 9.97 Å². The lowest BCUT2D eigenvalue weighted by atomic mass is 10.2. The molecule has 0 bridgehead atoms. The van der Waals surface area contributed by atoms with Crippen molar-refractivity contribution in [3.8, 4) is 0 Å². The van der Waals surface area contributed by atoms with E-state index in [2.05, 4.69) is 48.7 Å². The first-order valence-electron chi connectivity index (χ1n) is 8.61. The minimum absolute atomic E-state index is 0.704. The number of anilines is 4. The maximum absolute atomic E-state index is 4.78. The summed E-state index contributed by atoms with van der Waals surface area (Å²) in [5, 5.41) is 6.81. The number of nitrogens with one attached hydrogen (secondary N) is 2. The van der Waals surface area contributed by atoms with Crippen molar-refractivity contribution in [3.05, 3.63) is 83.9 Å². The van der Waals surface area contributed by atoms with Crippen LogP contribution in [0.1, 0.15) is 11.1 Å². The predicted molar refractivity (Wildman–Crippen MR) is 108 cm³/mol. The molecule has 4 rings (SSSR count). The third kappa shape index (κ3) is 3.49. The molecule has 0 aliphatic carbocycles. The number of para-hydroxylation sites is 2. The Morgan fingerprint density at radius 1 is 0.577 bits per heavy atom. The van der Waals surface area contributed by atoms with Gasteiger partial charge in [-0.2, -0.15) is 0 Å². The number of fused-ring (bicyclic) bond motifs is 1. The molecule has 0 aliphatic rings. The van der Waals surface area contributed by atoms with Crippen LogP contribution in [-0.4, -0.2) is 9.97 Å². The van der Waals surface area contributed by atoms with Crippen molar-refractivity contribution in [2.24, 2.45) is 0 Å². The van der Waals surface area contributed by atoms with Crippen molar-refractivity contribution in [2.75, 3.05) is 10.6 Å². The summed E-state index contributed by atoms with van der Waals surface area (Å²) in [6.07, 6.45) is 0. The Labute approximate surface area is 152 Å². The van der Waals surface area contributed by atoms with Crippen LogP contribution in [0.4, 0.5) is 23.0 Å². The smallest absolute Gasteiger partial charge is 0.174 e. The van der Waals surface area contributed by atoms with Crippen LogP contribution in [0.15, 0.2) is 72.8 Å². The van der Waals surface area contributed by atoms with Gasteiger partial charge in [-0.25, -0.2) is 9.97 Å². The summed E-state index contributed by atoms with van der Waals surface area (Å²) < 4.78 is 0. The topological polar surface area (TPSA) is 49.8 Å². The van der Waals surface area contributed by atoms with Crippen LogP contribution < -0.4 is 10.6 Å². The van der Waals surface area contributed by atoms with Gasteiger partial charge in [0.1, 0.15) is 0 Å². The summed E-state index contributed by atoms with van der Waals surface area (Å²) in [5.41, 5.74) is 6.08. The standard InChI is InChI=1S/C22H20N4/c1-15-7-5-9-17(13-15)23-21-22(24-18-10-6-8-16(2)14-18)26-20-12-4-3-11-19(20)25-21/h3-14H,1-2H3,(H,23,25)(H,24,26). The molecule has 0 fully saturated rings. The summed E-state index contributed by atoms with van der Waals surface area (Å²) >= 11 is 0. The second-order valence-electron chi connectivity index (χ2n) is 6.40. The maximum Gasteiger partial charge on any atom is 0.174 e. The fourth-order valence-corrected chi connectivity index (χ4v) is 2.89. The Hall–Kier alpha value is -3.40. The first kappa shape index (κ1) is 16.1. The Morgan fingerprint density at radius 3 is 1.46 bits per heavy atom. The van der Waals surface area contributed by atoms with Crippen LogP contribution in [0.2, 0.25) is 0 Å². The number of nitrogens with zero attached hydrogens (tertiary/aromatic N) is 2. The van der Waals surface area contributed by atoms with Crippen LogP contribution in [0.5, 0.6) is 0 Å². The lowest BCUT2D eigenvalue weighted by Crippen LogP contribution is -2.03. The molecule has 26 heavy (non-hydrogen) atoms. The highest BCUT2D eigenvalue weighted by atomic mass is 15.1. The van der Waals surface area contributed by atoms with E-state index in [-0.39, 0.29) is 0 Å². The molecule has 0 amide bonds. The third-order valence-electron chi connectivity index (χ3n) is 4.13. The molecule has 3 aromatic carbocycles. The highest BCUT2D eigenvalue weighted by Gasteiger charge is 2.10. The largest absolute Gasteiger partial charge is 0.337 e. The number of rotatable bonds is 4. The molecule has 1 heterocycles. The predicted octanol–water partition coefficient (Wildman–Crippen LogP) is 5.73. The van der Waals surface area contributed by atoms with E-state index in [4.69, 9.17) is 9.97 Å². The van der Waals surface area contributed by atoms with Crippen LogP contribution >= 0.6 is 0 Å². The highest BCUT2D eigenvalue weighted by molar-refractivity contribution is 5.83. The van der Waals surface area contributed by atoms with E-state index in [0.29, 0.717) is 11.6 Å². The summed E-state index contributed by atoms with van der Waals surface area (Å²) in [7, 11) is 0. The molecule has 0 saturated carbocycles. The Morgan fingerprint density at radius 2 is 1.04 bits per heavy atom. The minimum atomic E-state index is 0.704. The maximum atomic E-state index is 4.78. The minimum Gasteiger partial charge on any atom is -0.337 e. The van der Waals surface area contributed by atoms with Crippen LogP contribution in [0.25, 0.3) is 11.0 Å². The van der Waals surface area contributed by atoms with E-state index in [9.17, 15) is 0 Å². The lowest BCUT2D eigenvalue weighted by molar-refractivity contribution is 1.26. The Balaban J connectivity index is 1.78. The molecule has 2 N–H and O–H groups in total. The van der Waals surface area contributed by atoms with Crippen molar-refractivity contribution in [1.29, 1.82) is 0 Å². The number of hydrogen-bond acceptors (Lipinski definition) is 4. The molecule has 1 aromatic heterocycles. The first-order chi connectivity index (χ1) is 12.7. The summed E-state index contributed by atoms with van der Waals surface area (Å²) in [4.78, 5) is 9.57. The zero-order valence-corrected chi connectivity index (χ0v) is 14.8. The molecule has 4 aromatic rings.